The van der Waals surface area contributed by atoms with Gasteiger partial charge in [-0.15, -0.1) is 11.3 Å². The molecule has 0 fully saturated rings. The second-order valence-corrected chi connectivity index (χ2v) is 5.79. The van der Waals surface area contributed by atoms with Gasteiger partial charge >= 0.3 is 0 Å². The predicted octanol–water partition coefficient (Wildman–Crippen LogP) is 2.02. The van der Waals surface area contributed by atoms with E-state index in [2.05, 4.69) is 23.8 Å². The van der Waals surface area contributed by atoms with Crippen LogP contribution < -0.4 is 11.5 Å². The Morgan fingerprint density at radius 1 is 1.47 bits per heavy atom. The zero-order valence-corrected chi connectivity index (χ0v) is 11.8. The number of hydrogen-bond acceptors (Lipinski definition) is 6. The first kappa shape index (κ1) is 13.6. The van der Waals surface area contributed by atoms with Crippen LogP contribution in [0.2, 0.25) is 0 Å². The number of pyridine rings is 1. The summed E-state index contributed by atoms with van der Waals surface area (Å²) in [4.78, 5) is 8.62. The Morgan fingerprint density at radius 3 is 2.84 bits per heavy atom. The van der Waals surface area contributed by atoms with Crippen molar-refractivity contribution in [3.63, 3.8) is 0 Å². The number of anilines is 1. The van der Waals surface area contributed by atoms with Gasteiger partial charge in [0.15, 0.2) is 0 Å². The molecule has 5 nitrogen and oxygen atoms in total. The summed E-state index contributed by atoms with van der Waals surface area (Å²) in [5, 5.41) is 10.3. The summed E-state index contributed by atoms with van der Waals surface area (Å²) in [7, 11) is 0. The van der Waals surface area contributed by atoms with E-state index in [-0.39, 0.29) is 5.41 Å². The number of rotatable bonds is 4. The van der Waals surface area contributed by atoms with Gasteiger partial charge in [-0.2, -0.15) is 0 Å². The molecular weight excluding hydrogens is 258 g/mol. The summed E-state index contributed by atoms with van der Waals surface area (Å²) in [5.41, 5.74) is 13.8. The van der Waals surface area contributed by atoms with Gasteiger partial charge in [0, 0.05) is 40.9 Å². The third-order valence-electron chi connectivity index (χ3n) is 3.10. The number of nitrogens with one attached hydrogen (secondary N) is 1. The van der Waals surface area contributed by atoms with E-state index in [1.54, 1.807) is 6.20 Å². The maximum atomic E-state index is 7.45. The molecule has 5 N–H and O–H groups in total. The number of nitrogen functional groups attached to an aromatic ring is 1. The highest BCUT2D eigenvalue weighted by Gasteiger charge is 2.22. The number of nitrogens with zero attached hydrogens (tertiary/aromatic N) is 2. The molecule has 0 aliphatic rings. The maximum absolute atomic E-state index is 7.45. The molecule has 0 unspecified atom stereocenters. The molecule has 2 aromatic rings. The van der Waals surface area contributed by atoms with Gasteiger partial charge in [0.1, 0.15) is 10.8 Å². The van der Waals surface area contributed by atoms with Crippen LogP contribution in [-0.2, 0) is 5.41 Å². The van der Waals surface area contributed by atoms with Crippen molar-refractivity contribution < 1.29 is 0 Å². The summed E-state index contributed by atoms with van der Waals surface area (Å²) in [6.45, 7) is 4.65. The number of thiazole rings is 1. The van der Waals surface area contributed by atoms with E-state index >= 15 is 0 Å². The topological polar surface area (TPSA) is 102 Å². The third-order valence-corrected chi connectivity index (χ3v) is 3.98. The molecule has 0 aliphatic heterocycles. The van der Waals surface area contributed by atoms with Crippen LogP contribution in [0.25, 0.3) is 10.6 Å². The Hall–Kier alpha value is -1.79. The Balaban J connectivity index is 2.50. The lowest BCUT2D eigenvalue weighted by atomic mass is 9.90. The molecule has 0 aliphatic carbocycles. The van der Waals surface area contributed by atoms with Crippen LogP contribution in [-0.4, -0.2) is 22.7 Å². The van der Waals surface area contributed by atoms with Gasteiger partial charge in [-0.25, -0.2) is 9.97 Å². The van der Waals surface area contributed by atoms with Gasteiger partial charge in [0.2, 0.25) is 0 Å². The van der Waals surface area contributed by atoms with Crippen LogP contribution in [0.5, 0.6) is 0 Å². The molecule has 100 valence electrons. The van der Waals surface area contributed by atoms with Crippen LogP contribution in [0.1, 0.15) is 25.1 Å². The minimum absolute atomic E-state index is 0.155. The molecule has 2 rings (SSSR count). The SMILES string of the molecule is CC(C)(CN)c1csc(-c2ccnc(N)c2C=N)n1. The summed E-state index contributed by atoms with van der Waals surface area (Å²) in [5.74, 6) is 0.349. The van der Waals surface area contributed by atoms with E-state index < -0.39 is 0 Å². The molecular formula is C13H17N5S. The van der Waals surface area contributed by atoms with Crippen LogP contribution in [0.4, 0.5) is 5.82 Å². The Morgan fingerprint density at radius 2 is 2.21 bits per heavy atom. The van der Waals surface area contributed by atoms with Crippen LogP contribution in [0.15, 0.2) is 17.6 Å². The minimum Gasteiger partial charge on any atom is -0.383 e. The van der Waals surface area contributed by atoms with Gasteiger partial charge in [0.05, 0.1) is 5.69 Å². The van der Waals surface area contributed by atoms with E-state index in [4.69, 9.17) is 16.9 Å². The largest absolute Gasteiger partial charge is 0.383 e. The lowest BCUT2D eigenvalue weighted by molar-refractivity contribution is 0.525. The first-order chi connectivity index (χ1) is 8.99. The van der Waals surface area contributed by atoms with Crippen molar-refractivity contribution in [3.8, 4) is 10.6 Å². The Kier molecular flexibility index (Phi) is 3.64. The maximum Gasteiger partial charge on any atom is 0.132 e. The van der Waals surface area contributed by atoms with Crippen molar-refractivity contribution >= 4 is 23.4 Å². The molecule has 0 spiro atoms. The van der Waals surface area contributed by atoms with Crippen molar-refractivity contribution in [2.75, 3.05) is 12.3 Å². The molecule has 0 saturated carbocycles. The van der Waals surface area contributed by atoms with Crippen LogP contribution in [0.3, 0.4) is 0 Å². The number of aromatic nitrogens is 2. The van der Waals surface area contributed by atoms with Gasteiger partial charge in [-0.3, -0.25) is 0 Å². The van der Waals surface area contributed by atoms with E-state index in [1.165, 1.54) is 17.6 Å². The Bertz CT molecular complexity index is 603. The average Bonchev–Trinajstić information content (AvgIpc) is 2.88. The molecule has 2 heterocycles. The fourth-order valence-corrected chi connectivity index (χ4v) is 2.69. The first-order valence-electron chi connectivity index (χ1n) is 5.91. The Labute approximate surface area is 116 Å². The molecule has 0 atom stereocenters. The summed E-state index contributed by atoms with van der Waals surface area (Å²) in [6, 6.07) is 1.83. The normalized spacial score (nSPS) is 11.5. The summed E-state index contributed by atoms with van der Waals surface area (Å²) < 4.78 is 0. The van der Waals surface area contributed by atoms with E-state index in [0.29, 0.717) is 17.9 Å². The molecule has 0 aromatic carbocycles. The number of hydrogen-bond donors (Lipinski definition) is 3. The van der Waals surface area contributed by atoms with Crippen LogP contribution >= 0.6 is 11.3 Å². The highest BCUT2D eigenvalue weighted by atomic mass is 32.1. The van der Waals surface area contributed by atoms with Crippen molar-refractivity contribution in [1.82, 2.24) is 9.97 Å². The van der Waals surface area contributed by atoms with Gasteiger partial charge in [0.25, 0.3) is 0 Å². The van der Waals surface area contributed by atoms with E-state index in [0.717, 1.165) is 16.3 Å². The molecule has 2 aromatic heterocycles. The lowest BCUT2D eigenvalue weighted by Crippen LogP contribution is -2.28. The monoisotopic (exact) mass is 275 g/mol. The fraction of sp³-hybridized carbons (Fsp3) is 0.308. The molecule has 0 radical (unpaired) electrons. The number of nitrogens with two attached hydrogens (primary N) is 2. The molecule has 0 amide bonds. The minimum atomic E-state index is -0.155. The highest BCUT2D eigenvalue weighted by molar-refractivity contribution is 7.13. The van der Waals surface area contributed by atoms with Crippen molar-refractivity contribution in [1.29, 1.82) is 5.41 Å². The fourth-order valence-electron chi connectivity index (χ4n) is 1.64. The summed E-state index contributed by atoms with van der Waals surface area (Å²) in [6.07, 6.45) is 2.85. The first-order valence-corrected chi connectivity index (χ1v) is 6.79. The van der Waals surface area contributed by atoms with Gasteiger partial charge < -0.3 is 16.9 Å². The smallest absolute Gasteiger partial charge is 0.132 e. The van der Waals surface area contributed by atoms with Crippen molar-refractivity contribution in [2.45, 2.75) is 19.3 Å². The predicted molar refractivity (Wildman–Crippen MR) is 79.7 cm³/mol. The second-order valence-electron chi connectivity index (χ2n) is 4.93. The second kappa shape index (κ2) is 5.07. The van der Waals surface area contributed by atoms with Gasteiger partial charge in [-0.1, -0.05) is 13.8 Å². The van der Waals surface area contributed by atoms with Gasteiger partial charge in [-0.05, 0) is 6.07 Å². The molecule has 0 bridgehead atoms. The molecule has 19 heavy (non-hydrogen) atoms. The highest BCUT2D eigenvalue weighted by Crippen LogP contribution is 2.31. The van der Waals surface area contributed by atoms with Crippen molar-refractivity contribution in [3.05, 3.63) is 28.9 Å². The molecule has 6 heteroatoms. The summed E-state index contributed by atoms with van der Waals surface area (Å²) >= 11 is 1.53. The standard InChI is InChI=1S/C13H17N5S/c1-13(2,7-15)10-6-19-12(18-10)8-3-4-17-11(16)9(8)5-14/h3-6,14H,7,15H2,1-2H3,(H2,16,17). The zero-order valence-electron chi connectivity index (χ0n) is 11.0. The van der Waals surface area contributed by atoms with Crippen LogP contribution in [0, 0.1) is 5.41 Å². The van der Waals surface area contributed by atoms with Crippen molar-refractivity contribution in [2.24, 2.45) is 5.73 Å². The lowest BCUT2D eigenvalue weighted by Gasteiger charge is -2.19. The van der Waals surface area contributed by atoms with E-state index in [1.807, 2.05) is 11.4 Å². The zero-order chi connectivity index (χ0) is 14.0. The third kappa shape index (κ3) is 2.50. The van der Waals surface area contributed by atoms with E-state index in [9.17, 15) is 0 Å². The molecule has 0 saturated heterocycles. The average molecular weight is 275 g/mol. The quantitative estimate of drug-likeness (QED) is 0.743.